The first-order valence-corrected chi connectivity index (χ1v) is 4.22. The van der Waals surface area contributed by atoms with Crippen LogP contribution in [0.1, 0.15) is 0 Å². The number of rotatable bonds is 2. The third kappa shape index (κ3) is 2.45. The molecule has 1 rings (SSSR count). The van der Waals surface area contributed by atoms with Crippen molar-refractivity contribution in [1.29, 1.82) is 0 Å². The van der Waals surface area contributed by atoms with Crippen molar-refractivity contribution in [1.82, 2.24) is 9.59 Å². The van der Waals surface area contributed by atoms with Crippen molar-refractivity contribution >= 4 is 38.4 Å². The summed E-state index contributed by atoms with van der Waals surface area (Å²) < 4.78 is 27.7. The largest absolute Gasteiger partial charge is 0.378 e. The molecule has 1 amide bonds. The van der Waals surface area contributed by atoms with Crippen LogP contribution in [-0.4, -0.2) is 20.3 Å². The molecule has 0 aliphatic rings. The van der Waals surface area contributed by atoms with Crippen LogP contribution in [0, 0.1) is 0 Å². The molecule has 8 heteroatoms. The zero-order valence-corrected chi connectivity index (χ0v) is 7.82. The average Bonchev–Trinajstić information content (AvgIpc) is 2.37. The predicted molar refractivity (Wildman–Crippen MR) is 42.4 cm³/mol. The number of amides is 1. The van der Waals surface area contributed by atoms with Crippen LogP contribution in [-0.2, 0) is 4.79 Å². The summed E-state index contributed by atoms with van der Waals surface area (Å²) in [6.45, 7) is 0. The Morgan fingerprint density at radius 1 is 1.75 bits per heavy atom. The smallest absolute Gasteiger partial charge is 0.309 e. The second-order valence-electron chi connectivity index (χ2n) is 1.73. The lowest BCUT2D eigenvalue weighted by molar-refractivity contribution is -0.128. The van der Waals surface area contributed by atoms with E-state index in [9.17, 15) is 13.6 Å². The molecule has 0 aromatic carbocycles. The van der Waals surface area contributed by atoms with Gasteiger partial charge in [0.25, 0.3) is 0 Å². The van der Waals surface area contributed by atoms with Crippen LogP contribution in [0.2, 0.25) is 0 Å². The van der Waals surface area contributed by atoms with Crippen molar-refractivity contribution < 1.29 is 13.6 Å². The molecule has 0 aliphatic heterocycles. The molecule has 0 saturated carbocycles. The molecule has 0 fully saturated rings. The van der Waals surface area contributed by atoms with Crippen molar-refractivity contribution in [3.8, 4) is 0 Å². The van der Waals surface area contributed by atoms with Gasteiger partial charge in [-0.3, -0.25) is 4.79 Å². The van der Waals surface area contributed by atoms with Crippen molar-refractivity contribution in [2.75, 3.05) is 5.32 Å². The molecule has 4 nitrogen and oxygen atoms in total. The zero-order chi connectivity index (χ0) is 9.19. The second kappa shape index (κ2) is 3.40. The summed E-state index contributed by atoms with van der Waals surface area (Å²) in [7, 11) is 0. The maximum Gasteiger partial charge on any atom is 0.378 e. The van der Waals surface area contributed by atoms with Gasteiger partial charge in [-0.15, -0.1) is 5.10 Å². The number of aromatic nitrogens is 2. The monoisotopic (exact) mass is 257 g/mol. The fraction of sp³-hybridized carbons (Fsp3) is 0.250. The van der Waals surface area contributed by atoms with E-state index in [0.717, 1.165) is 11.5 Å². The highest BCUT2D eigenvalue weighted by Crippen LogP contribution is 2.24. The third-order valence-corrected chi connectivity index (χ3v) is 1.80. The van der Waals surface area contributed by atoms with Gasteiger partial charge in [-0.1, -0.05) is 4.49 Å². The van der Waals surface area contributed by atoms with E-state index in [4.69, 9.17) is 0 Å². The summed E-state index contributed by atoms with van der Waals surface area (Å²) in [4.78, 5) is 7.02. The quantitative estimate of drug-likeness (QED) is 0.817. The normalized spacial score (nSPS) is 11.2. The number of hydrogen-bond donors (Lipinski definition) is 1. The SMILES string of the molecule is O=C(Nc1cnns1)C(F)(F)Br. The van der Waals surface area contributed by atoms with Gasteiger partial charge in [-0.25, -0.2) is 0 Å². The fourth-order valence-electron chi connectivity index (χ4n) is 0.405. The maximum atomic E-state index is 12.2. The molecule has 0 saturated heterocycles. The van der Waals surface area contributed by atoms with Gasteiger partial charge in [-0.05, 0) is 0 Å². The van der Waals surface area contributed by atoms with E-state index in [2.05, 4.69) is 9.59 Å². The van der Waals surface area contributed by atoms with Crippen molar-refractivity contribution in [3.63, 3.8) is 0 Å². The van der Waals surface area contributed by atoms with Crippen LogP contribution in [0.3, 0.4) is 0 Å². The standard InChI is InChI=1S/C4H2BrF2N3OS/c5-4(6,7)3(11)9-2-1-8-10-12-2/h1H,(H,9,11). The molecule has 0 spiro atoms. The molecule has 0 atom stereocenters. The van der Waals surface area contributed by atoms with E-state index in [1.54, 1.807) is 0 Å². The highest BCUT2D eigenvalue weighted by atomic mass is 79.9. The Morgan fingerprint density at radius 3 is 2.83 bits per heavy atom. The summed E-state index contributed by atoms with van der Waals surface area (Å²) in [5.74, 6) is -1.44. The van der Waals surface area contributed by atoms with Gasteiger partial charge in [0.2, 0.25) is 0 Å². The number of alkyl halides is 3. The topological polar surface area (TPSA) is 54.9 Å². The number of carbonyl (C=O) groups is 1. The lowest BCUT2D eigenvalue weighted by atomic mass is 10.6. The van der Waals surface area contributed by atoms with Gasteiger partial charge < -0.3 is 5.32 Å². The molecule has 0 radical (unpaired) electrons. The van der Waals surface area contributed by atoms with Crippen LogP contribution >= 0.6 is 27.5 Å². The number of carbonyl (C=O) groups excluding carboxylic acids is 1. The lowest BCUT2D eigenvalue weighted by Crippen LogP contribution is -2.27. The Morgan fingerprint density at radius 2 is 2.42 bits per heavy atom. The predicted octanol–water partition coefficient (Wildman–Crippen LogP) is 1.46. The second-order valence-corrected chi connectivity index (χ2v) is 3.52. The molecular weight excluding hydrogens is 256 g/mol. The summed E-state index contributed by atoms with van der Waals surface area (Å²) in [5, 5.41) is 5.45. The third-order valence-electron chi connectivity index (χ3n) is 0.855. The minimum atomic E-state index is -3.56. The van der Waals surface area contributed by atoms with E-state index < -0.39 is 10.7 Å². The van der Waals surface area contributed by atoms with Crippen LogP contribution in [0.4, 0.5) is 13.8 Å². The first kappa shape index (κ1) is 9.46. The van der Waals surface area contributed by atoms with Gasteiger partial charge in [0.1, 0.15) is 5.00 Å². The first-order valence-electron chi connectivity index (χ1n) is 2.65. The van der Waals surface area contributed by atoms with Crippen molar-refractivity contribution in [2.45, 2.75) is 4.83 Å². The first-order chi connectivity index (χ1) is 5.50. The van der Waals surface area contributed by atoms with Crippen LogP contribution < -0.4 is 5.32 Å². The van der Waals surface area contributed by atoms with E-state index >= 15 is 0 Å². The van der Waals surface area contributed by atoms with Gasteiger partial charge in [0.15, 0.2) is 0 Å². The van der Waals surface area contributed by atoms with Crippen LogP contribution in [0.15, 0.2) is 6.20 Å². The minimum Gasteiger partial charge on any atom is -0.309 e. The van der Waals surface area contributed by atoms with E-state index in [0.29, 0.717) is 0 Å². The van der Waals surface area contributed by atoms with E-state index in [1.165, 1.54) is 6.20 Å². The van der Waals surface area contributed by atoms with Gasteiger partial charge in [0, 0.05) is 27.5 Å². The van der Waals surface area contributed by atoms with E-state index in [1.807, 2.05) is 21.2 Å². The fourth-order valence-corrected chi connectivity index (χ4v) is 0.919. The lowest BCUT2D eigenvalue weighted by Gasteiger charge is -2.05. The molecule has 1 aromatic rings. The molecular formula is C4H2BrF2N3OS. The summed E-state index contributed by atoms with van der Waals surface area (Å²) >= 11 is 2.73. The zero-order valence-electron chi connectivity index (χ0n) is 5.42. The Bertz CT molecular complexity index is 272. The van der Waals surface area contributed by atoms with E-state index in [-0.39, 0.29) is 5.00 Å². The molecule has 66 valence electrons. The van der Waals surface area contributed by atoms with Gasteiger partial charge in [-0.2, -0.15) is 8.78 Å². The molecule has 12 heavy (non-hydrogen) atoms. The number of anilines is 1. The van der Waals surface area contributed by atoms with Crippen molar-refractivity contribution in [2.24, 2.45) is 0 Å². The van der Waals surface area contributed by atoms with Gasteiger partial charge >= 0.3 is 10.7 Å². The molecule has 0 bridgehead atoms. The highest BCUT2D eigenvalue weighted by Gasteiger charge is 2.35. The van der Waals surface area contributed by atoms with Crippen LogP contribution in [0.25, 0.3) is 0 Å². The number of nitrogens with one attached hydrogen (secondary N) is 1. The number of hydrogen-bond acceptors (Lipinski definition) is 4. The molecule has 0 aliphatic carbocycles. The Balaban J connectivity index is 2.60. The molecule has 1 heterocycles. The van der Waals surface area contributed by atoms with Crippen LogP contribution in [0.5, 0.6) is 0 Å². The summed E-state index contributed by atoms with van der Waals surface area (Å²) in [5.41, 5.74) is 0. The summed E-state index contributed by atoms with van der Waals surface area (Å²) in [6.07, 6.45) is 1.18. The highest BCUT2D eigenvalue weighted by molar-refractivity contribution is 9.10. The molecule has 1 N–H and O–H groups in total. The average molecular weight is 258 g/mol. The molecule has 1 aromatic heterocycles. The maximum absolute atomic E-state index is 12.2. The Labute approximate surface area is 78.3 Å². The van der Waals surface area contributed by atoms with Gasteiger partial charge in [0.05, 0.1) is 6.20 Å². The van der Waals surface area contributed by atoms with Crippen molar-refractivity contribution in [3.05, 3.63) is 6.20 Å². The molecule has 0 unspecified atom stereocenters. The summed E-state index contributed by atoms with van der Waals surface area (Å²) in [6, 6.07) is 0. The number of halogens is 3. The Hall–Kier alpha value is -0.630. The Kier molecular flexibility index (Phi) is 2.68. The number of nitrogens with zero attached hydrogens (tertiary/aromatic N) is 2. The minimum absolute atomic E-state index is 0.180.